The van der Waals surface area contributed by atoms with Crippen LogP contribution in [0.15, 0.2) is 30.5 Å². The third-order valence-electron chi connectivity index (χ3n) is 2.63. The Morgan fingerprint density at radius 3 is 3.00 bits per heavy atom. The molecule has 3 heteroatoms. The number of rotatable bonds is 3. The second-order valence-corrected chi connectivity index (χ2v) is 3.82. The molecule has 1 unspecified atom stereocenters. The van der Waals surface area contributed by atoms with Crippen LogP contribution < -0.4 is 0 Å². The van der Waals surface area contributed by atoms with Crippen molar-refractivity contribution in [2.75, 3.05) is 0 Å². The Bertz CT molecular complexity index is 487. The SMILES string of the molecule is CC(CC(=O)O)c1ccc2cc[nH]c2c1. The minimum absolute atomic E-state index is 0.0511. The molecule has 15 heavy (non-hydrogen) atoms. The fraction of sp³-hybridized carbons (Fsp3) is 0.250. The highest BCUT2D eigenvalue weighted by molar-refractivity contribution is 5.80. The standard InChI is InChI=1S/C12H13NO2/c1-8(6-12(14)15)10-3-2-9-4-5-13-11(9)7-10/h2-5,7-8,13H,6H2,1H3,(H,14,15). The van der Waals surface area contributed by atoms with Crippen LogP contribution in [-0.2, 0) is 4.79 Å². The zero-order valence-electron chi connectivity index (χ0n) is 8.53. The highest BCUT2D eigenvalue weighted by Crippen LogP contribution is 2.22. The minimum atomic E-state index is -0.755. The van der Waals surface area contributed by atoms with Crippen molar-refractivity contribution >= 4 is 16.9 Å². The molecule has 0 aliphatic heterocycles. The summed E-state index contributed by atoms with van der Waals surface area (Å²) >= 11 is 0. The third-order valence-corrected chi connectivity index (χ3v) is 2.63. The van der Waals surface area contributed by atoms with Crippen molar-refractivity contribution < 1.29 is 9.90 Å². The number of fused-ring (bicyclic) bond motifs is 1. The van der Waals surface area contributed by atoms with Gasteiger partial charge in [-0.1, -0.05) is 19.1 Å². The highest BCUT2D eigenvalue weighted by atomic mass is 16.4. The van der Waals surface area contributed by atoms with Gasteiger partial charge in [0.25, 0.3) is 0 Å². The Balaban J connectivity index is 2.30. The van der Waals surface area contributed by atoms with Crippen LogP contribution in [0.3, 0.4) is 0 Å². The van der Waals surface area contributed by atoms with Gasteiger partial charge < -0.3 is 10.1 Å². The lowest BCUT2D eigenvalue weighted by Gasteiger charge is -2.08. The molecular weight excluding hydrogens is 190 g/mol. The molecule has 78 valence electrons. The monoisotopic (exact) mass is 203 g/mol. The molecule has 1 aromatic heterocycles. The lowest BCUT2D eigenvalue weighted by Crippen LogP contribution is -2.02. The third kappa shape index (κ3) is 2.01. The van der Waals surface area contributed by atoms with Gasteiger partial charge in [-0.2, -0.15) is 0 Å². The van der Waals surface area contributed by atoms with E-state index in [1.165, 1.54) is 0 Å². The molecule has 0 radical (unpaired) electrons. The molecule has 0 spiro atoms. The lowest BCUT2D eigenvalue weighted by atomic mass is 9.97. The van der Waals surface area contributed by atoms with E-state index in [4.69, 9.17) is 5.11 Å². The Labute approximate surface area is 87.7 Å². The van der Waals surface area contributed by atoms with Crippen LogP contribution in [0.1, 0.15) is 24.8 Å². The van der Waals surface area contributed by atoms with E-state index in [-0.39, 0.29) is 12.3 Å². The van der Waals surface area contributed by atoms with Crippen molar-refractivity contribution in [3.05, 3.63) is 36.0 Å². The molecule has 0 saturated heterocycles. The number of carboxylic acid groups (broad SMARTS) is 1. The highest BCUT2D eigenvalue weighted by Gasteiger charge is 2.10. The van der Waals surface area contributed by atoms with Gasteiger partial charge in [-0.25, -0.2) is 0 Å². The van der Waals surface area contributed by atoms with E-state index in [2.05, 4.69) is 4.98 Å². The van der Waals surface area contributed by atoms with Crippen LogP contribution in [0.4, 0.5) is 0 Å². The van der Waals surface area contributed by atoms with Crippen LogP contribution in [0.25, 0.3) is 10.9 Å². The molecule has 0 saturated carbocycles. The summed E-state index contributed by atoms with van der Waals surface area (Å²) in [6.07, 6.45) is 2.06. The molecule has 0 amide bonds. The molecule has 0 aliphatic carbocycles. The topological polar surface area (TPSA) is 53.1 Å². The van der Waals surface area contributed by atoms with Gasteiger partial charge in [-0.15, -0.1) is 0 Å². The zero-order chi connectivity index (χ0) is 10.8. The molecule has 2 rings (SSSR count). The first-order valence-corrected chi connectivity index (χ1v) is 4.95. The summed E-state index contributed by atoms with van der Waals surface area (Å²) in [4.78, 5) is 13.7. The number of hydrogen-bond acceptors (Lipinski definition) is 1. The van der Waals surface area contributed by atoms with Gasteiger partial charge in [0.15, 0.2) is 0 Å². The molecule has 0 fully saturated rings. The van der Waals surface area contributed by atoms with Crippen LogP contribution in [0.2, 0.25) is 0 Å². The van der Waals surface area contributed by atoms with Crippen molar-refractivity contribution in [1.29, 1.82) is 0 Å². The maximum atomic E-state index is 10.6. The summed E-state index contributed by atoms with van der Waals surface area (Å²) in [5.74, 6) is -0.704. The first kappa shape index (κ1) is 9.77. The molecule has 0 bridgehead atoms. The normalized spacial score (nSPS) is 12.9. The maximum Gasteiger partial charge on any atom is 0.303 e. The number of nitrogens with one attached hydrogen (secondary N) is 1. The number of aliphatic carboxylic acids is 1. The second kappa shape index (κ2) is 3.77. The Morgan fingerprint density at radius 2 is 2.27 bits per heavy atom. The molecule has 1 aromatic carbocycles. The van der Waals surface area contributed by atoms with E-state index >= 15 is 0 Å². The zero-order valence-corrected chi connectivity index (χ0v) is 8.53. The molecular formula is C12H13NO2. The summed E-state index contributed by atoms with van der Waals surface area (Å²) in [5, 5.41) is 9.86. The Kier molecular flexibility index (Phi) is 2.46. The number of hydrogen-bond donors (Lipinski definition) is 2. The fourth-order valence-electron chi connectivity index (χ4n) is 1.75. The summed E-state index contributed by atoms with van der Waals surface area (Å²) in [6, 6.07) is 8.02. The lowest BCUT2D eigenvalue weighted by molar-refractivity contribution is -0.137. The quantitative estimate of drug-likeness (QED) is 0.805. The van der Waals surface area contributed by atoms with Crippen molar-refractivity contribution in [2.24, 2.45) is 0 Å². The van der Waals surface area contributed by atoms with Gasteiger partial charge in [-0.05, 0) is 29.0 Å². The number of H-pyrrole nitrogens is 1. The van der Waals surface area contributed by atoms with Crippen molar-refractivity contribution in [3.8, 4) is 0 Å². The van der Waals surface area contributed by atoms with Crippen molar-refractivity contribution in [1.82, 2.24) is 4.98 Å². The van der Waals surface area contributed by atoms with Gasteiger partial charge in [0, 0.05) is 11.7 Å². The first-order valence-electron chi connectivity index (χ1n) is 4.95. The number of benzene rings is 1. The molecule has 1 atom stereocenters. The number of carbonyl (C=O) groups is 1. The van der Waals surface area contributed by atoms with Gasteiger partial charge in [0.05, 0.1) is 6.42 Å². The van der Waals surface area contributed by atoms with Crippen LogP contribution >= 0.6 is 0 Å². The second-order valence-electron chi connectivity index (χ2n) is 3.82. The van der Waals surface area contributed by atoms with E-state index in [1.54, 1.807) is 0 Å². The molecule has 2 aromatic rings. The molecule has 0 aliphatic rings. The van der Waals surface area contributed by atoms with E-state index in [1.807, 2.05) is 37.4 Å². The van der Waals surface area contributed by atoms with Gasteiger partial charge >= 0.3 is 5.97 Å². The summed E-state index contributed by atoms with van der Waals surface area (Å²) in [6.45, 7) is 1.93. The van der Waals surface area contributed by atoms with Crippen molar-refractivity contribution in [2.45, 2.75) is 19.3 Å². The molecule has 1 heterocycles. The van der Waals surface area contributed by atoms with Crippen LogP contribution in [0.5, 0.6) is 0 Å². The molecule has 3 nitrogen and oxygen atoms in total. The average Bonchev–Trinajstić information content (AvgIpc) is 2.62. The number of aromatic nitrogens is 1. The van der Waals surface area contributed by atoms with E-state index < -0.39 is 5.97 Å². The summed E-state index contributed by atoms with van der Waals surface area (Å²) in [7, 11) is 0. The largest absolute Gasteiger partial charge is 0.481 e. The molecule has 2 N–H and O–H groups in total. The fourth-order valence-corrected chi connectivity index (χ4v) is 1.75. The number of carboxylic acids is 1. The predicted octanol–water partition coefficient (Wildman–Crippen LogP) is 2.75. The first-order chi connectivity index (χ1) is 7.16. The van der Waals surface area contributed by atoms with Gasteiger partial charge in [-0.3, -0.25) is 4.79 Å². The average molecular weight is 203 g/mol. The Morgan fingerprint density at radius 1 is 1.47 bits per heavy atom. The van der Waals surface area contributed by atoms with Crippen LogP contribution in [0, 0.1) is 0 Å². The number of aromatic amines is 1. The minimum Gasteiger partial charge on any atom is -0.481 e. The van der Waals surface area contributed by atoms with E-state index in [0.29, 0.717) is 0 Å². The summed E-state index contributed by atoms with van der Waals surface area (Å²) < 4.78 is 0. The smallest absolute Gasteiger partial charge is 0.303 e. The van der Waals surface area contributed by atoms with E-state index in [9.17, 15) is 4.79 Å². The van der Waals surface area contributed by atoms with E-state index in [0.717, 1.165) is 16.5 Å². The van der Waals surface area contributed by atoms with Gasteiger partial charge in [0.2, 0.25) is 0 Å². The maximum absolute atomic E-state index is 10.6. The Hall–Kier alpha value is -1.77. The van der Waals surface area contributed by atoms with Crippen molar-refractivity contribution in [3.63, 3.8) is 0 Å². The predicted molar refractivity (Wildman–Crippen MR) is 59.0 cm³/mol. The van der Waals surface area contributed by atoms with Crippen LogP contribution in [-0.4, -0.2) is 16.1 Å². The summed E-state index contributed by atoms with van der Waals surface area (Å²) in [5.41, 5.74) is 2.12. The van der Waals surface area contributed by atoms with Gasteiger partial charge in [0.1, 0.15) is 0 Å².